The maximum absolute atomic E-state index is 15.0. The van der Waals surface area contributed by atoms with Gasteiger partial charge in [-0.25, -0.2) is 32.2 Å². The number of benzene rings is 3. The summed E-state index contributed by atoms with van der Waals surface area (Å²) in [5.41, 5.74) is 0.447. The molecule has 3 aromatic carbocycles. The number of aromatic nitrogens is 4. The highest BCUT2D eigenvalue weighted by Gasteiger charge is 2.24. The van der Waals surface area contributed by atoms with Crippen LogP contribution in [-0.4, -0.2) is 37.2 Å². The molecule has 2 N–H and O–H groups in total. The summed E-state index contributed by atoms with van der Waals surface area (Å²) in [6, 6.07) is 16.4. The lowest BCUT2D eigenvalue weighted by Gasteiger charge is -2.13. The van der Waals surface area contributed by atoms with Gasteiger partial charge in [0.05, 0.1) is 16.8 Å². The number of rotatable bonds is 7. The molecule has 2 aromatic heterocycles. The molecule has 1 amide bonds. The molecule has 2 heterocycles. The minimum Gasteiger partial charge on any atom is -0.382 e. The van der Waals surface area contributed by atoms with Gasteiger partial charge in [0, 0.05) is 23.3 Å². The van der Waals surface area contributed by atoms with Gasteiger partial charge in [0.2, 0.25) is 0 Å². The van der Waals surface area contributed by atoms with Crippen LogP contribution < -0.4 is 5.32 Å². The molecule has 38 heavy (non-hydrogen) atoms. The summed E-state index contributed by atoms with van der Waals surface area (Å²) < 4.78 is 56.1. The van der Waals surface area contributed by atoms with Crippen LogP contribution in [0.3, 0.4) is 0 Å². The first kappa shape index (κ1) is 25.0. The average molecular weight is 521 g/mol. The lowest BCUT2D eigenvalue weighted by Crippen LogP contribution is -2.17. The van der Waals surface area contributed by atoms with E-state index in [9.17, 15) is 27.5 Å². The molecule has 0 aliphatic rings. The van der Waals surface area contributed by atoms with E-state index in [0.717, 1.165) is 6.07 Å². The fourth-order valence-electron chi connectivity index (χ4n) is 4.03. The largest absolute Gasteiger partial charge is 0.382 e. The number of amides is 1. The Morgan fingerprint density at radius 3 is 2.42 bits per heavy atom. The van der Waals surface area contributed by atoms with E-state index < -0.39 is 30.9 Å². The van der Waals surface area contributed by atoms with E-state index in [0.29, 0.717) is 11.1 Å². The highest BCUT2D eigenvalue weighted by atomic mass is 19.3. The first-order valence-corrected chi connectivity index (χ1v) is 11.4. The molecule has 0 spiro atoms. The fourth-order valence-corrected chi connectivity index (χ4v) is 4.03. The van der Waals surface area contributed by atoms with Gasteiger partial charge >= 0.3 is 0 Å². The number of aliphatic hydroxyl groups is 1. The van der Waals surface area contributed by atoms with Crippen molar-refractivity contribution in [2.45, 2.75) is 19.2 Å². The molecule has 5 aromatic rings. The van der Waals surface area contributed by atoms with Gasteiger partial charge in [0.1, 0.15) is 24.4 Å². The van der Waals surface area contributed by atoms with Crippen molar-refractivity contribution in [1.29, 1.82) is 0 Å². The van der Waals surface area contributed by atoms with Gasteiger partial charge in [-0.15, -0.1) is 0 Å². The molecule has 5 rings (SSSR count). The van der Waals surface area contributed by atoms with Gasteiger partial charge in [-0.2, -0.15) is 5.10 Å². The third-order valence-electron chi connectivity index (χ3n) is 5.90. The Balaban J connectivity index is 1.60. The second-order valence-corrected chi connectivity index (χ2v) is 8.30. The van der Waals surface area contributed by atoms with Crippen LogP contribution in [0.2, 0.25) is 0 Å². The van der Waals surface area contributed by atoms with Crippen molar-refractivity contribution in [2.24, 2.45) is 0 Å². The Bertz CT molecular complexity index is 1610. The van der Waals surface area contributed by atoms with Crippen molar-refractivity contribution in [3.63, 3.8) is 0 Å². The highest BCUT2D eigenvalue weighted by molar-refractivity contribution is 6.09. The number of carbonyl (C=O) groups is 1. The number of aliphatic hydroxyl groups excluding tert-OH is 1. The molecule has 0 saturated carbocycles. The Kier molecular flexibility index (Phi) is 6.84. The zero-order valence-electron chi connectivity index (χ0n) is 19.5. The Morgan fingerprint density at radius 1 is 1.00 bits per heavy atom. The molecule has 0 aliphatic heterocycles. The van der Waals surface area contributed by atoms with E-state index in [1.807, 2.05) is 0 Å². The van der Waals surface area contributed by atoms with E-state index in [4.69, 9.17) is 0 Å². The number of fused-ring (bicyclic) bond motifs is 1. The van der Waals surface area contributed by atoms with Crippen LogP contribution in [0, 0.1) is 5.82 Å². The molecule has 0 bridgehead atoms. The first-order chi connectivity index (χ1) is 18.4. The minimum atomic E-state index is -3.00. The first-order valence-electron chi connectivity index (χ1n) is 11.4. The van der Waals surface area contributed by atoms with E-state index in [2.05, 4.69) is 20.4 Å². The minimum absolute atomic E-state index is 0.0184. The smallest absolute Gasteiger partial charge is 0.268 e. The second kappa shape index (κ2) is 10.4. The standard InChI is InChI=1S/C27H19F4N5O2/c28-14-16-11-21(29)20(13-19(16)25-32-9-4-10-33-25)27(38)34-26-18-8-7-15(23(37)24(30)31)12-22(18)35-36(26)17-5-2-1-3-6-17/h1-13,23-24,37H,14H2,(H,34,38). The molecule has 0 fully saturated rings. The molecule has 7 nitrogen and oxygen atoms in total. The van der Waals surface area contributed by atoms with Crippen molar-refractivity contribution < 1.29 is 27.5 Å². The van der Waals surface area contributed by atoms with Crippen molar-refractivity contribution in [3.05, 3.63) is 102 Å². The lowest BCUT2D eigenvalue weighted by atomic mass is 10.0. The number of halogens is 4. The summed E-state index contributed by atoms with van der Waals surface area (Å²) in [5, 5.41) is 17.2. The van der Waals surface area contributed by atoms with Gasteiger partial charge in [0.25, 0.3) is 12.3 Å². The quantitative estimate of drug-likeness (QED) is 0.271. The highest BCUT2D eigenvalue weighted by Crippen LogP contribution is 2.32. The van der Waals surface area contributed by atoms with Gasteiger partial charge < -0.3 is 10.4 Å². The zero-order chi connectivity index (χ0) is 26.8. The van der Waals surface area contributed by atoms with Crippen LogP contribution >= 0.6 is 0 Å². The number of alkyl halides is 3. The molecule has 11 heteroatoms. The number of hydrogen-bond acceptors (Lipinski definition) is 5. The third-order valence-corrected chi connectivity index (χ3v) is 5.90. The molecule has 1 unspecified atom stereocenters. The number of nitrogens with one attached hydrogen (secondary N) is 1. The maximum Gasteiger partial charge on any atom is 0.268 e. The second-order valence-electron chi connectivity index (χ2n) is 8.30. The van der Waals surface area contributed by atoms with E-state index in [-0.39, 0.29) is 39.4 Å². The summed E-state index contributed by atoms with van der Waals surface area (Å²) in [5.74, 6) is -1.55. The summed E-state index contributed by atoms with van der Waals surface area (Å²) in [4.78, 5) is 21.5. The predicted molar refractivity (Wildman–Crippen MR) is 132 cm³/mol. The normalized spacial score (nSPS) is 12.2. The van der Waals surface area contributed by atoms with Crippen molar-refractivity contribution >= 4 is 22.6 Å². The third kappa shape index (κ3) is 4.71. The van der Waals surface area contributed by atoms with Gasteiger partial charge in [-0.3, -0.25) is 4.79 Å². The SMILES string of the molecule is O=C(Nc1c2ccc(C(O)C(F)F)cc2nn1-c1ccccc1)c1cc(-c2ncccn2)c(CF)cc1F. The van der Waals surface area contributed by atoms with Crippen LogP contribution in [0.25, 0.3) is 28.0 Å². The zero-order valence-corrected chi connectivity index (χ0v) is 19.5. The fraction of sp³-hybridized carbons (Fsp3) is 0.111. The van der Waals surface area contributed by atoms with Crippen LogP contribution in [0.15, 0.2) is 79.1 Å². The molecule has 1 atom stereocenters. The Labute approximate surface area is 213 Å². The number of nitrogens with zero attached hydrogens (tertiary/aromatic N) is 4. The van der Waals surface area contributed by atoms with E-state index in [1.54, 1.807) is 36.4 Å². The molecule has 0 aliphatic carbocycles. The topological polar surface area (TPSA) is 92.9 Å². The van der Waals surface area contributed by atoms with Crippen LogP contribution in [-0.2, 0) is 6.67 Å². The molecular formula is C27H19F4N5O2. The van der Waals surface area contributed by atoms with E-state index in [1.165, 1.54) is 41.3 Å². The van der Waals surface area contributed by atoms with Gasteiger partial charge in [0.15, 0.2) is 5.82 Å². The average Bonchev–Trinajstić information content (AvgIpc) is 3.30. The molecule has 0 saturated heterocycles. The van der Waals surface area contributed by atoms with E-state index >= 15 is 0 Å². The molecular weight excluding hydrogens is 502 g/mol. The summed E-state index contributed by atoms with van der Waals surface area (Å²) >= 11 is 0. The van der Waals surface area contributed by atoms with Crippen LogP contribution in [0.4, 0.5) is 23.4 Å². The Hall–Kier alpha value is -4.64. The van der Waals surface area contributed by atoms with Crippen molar-refractivity contribution in [2.75, 3.05) is 5.32 Å². The number of anilines is 1. The van der Waals surface area contributed by atoms with Crippen molar-refractivity contribution in [3.8, 4) is 17.1 Å². The van der Waals surface area contributed by atoms with Crippen molar-refractivity contribution in [1.82, 2.24) is 19.7 Å². The summed E-state index contributed by atoms with van der Waals surface area (Å²) in [6.45, 7) is -0.995. The van der Waals surface area contributed by atoms with Crippen LogP contribution in [0.1, 0.15) is 27.6 Å². The predicted octanol–water partition coefficient (Wildman–Crippen LogP) is 5.64. The number of carbonyl (C=O) groups excluding carboxylic acids is 1. The Morgan fingerprint density at radius 2 is 1.74 bits per heavy atom. The number of para-hydroxylation sites is 1. The number of hydrogen-bond donors (Lipinski definition) is 2. The summed E-state index contributed by atoms with van der Waals surface area (Å²) in [7, 11) is 0. The monoisotopic (exact) mass is 521 g/mol. The lowest BCUT2D eigenvalue weighted by molar-refractivity contribution is -0.00571. The maximum atomic E-state index is 15.0. The van der Waals surface area contributed by atoms with Gasteiger partial charge in [-0.1, -0.05) is 24.3 Å². The molecule has 0 radical (unpaired) electrons. The molecule has 192 valence electrons. The van der Waals surface area contributed by atoms with Crippen LogP contribution in [0.5, 0.6) is 0 Å². The summed E-state index contributed by atoms with van der Waals surface area (Å²) in [6.07, 6.45) is -2.13. The van der Waals surface area contributed by atoms with Gasteiger partial charge in [-0.05, 0) is 53.6 Å².